The highest BCUT2D eigenvalue weighted by Crippen LogP contribution is 2.25. The number of ether oxygens (including phenoxy) is 1. The minimum atomic E-state index is -0.0334. The molecule has 1 amide bonds. The van der Waals surface area contributed by atoms with Crippen molar-refractivity contribution < 1.29 is 9.53 Å². The Morgan fingerprint density at radius 2 is 1.75 bits per heavy atom. The van der Waals surface area contributed by atoms with Crippen molar-refractivity contribution in [3.8, 4) is 0 Å². The third-order valence-electron chi connectivity index (χ3n) is 4.09. The van der Waals surface area contributed by atoms with Crippen molar-refractivity contribution in [1.29, 1.82) is 0 Å². The van der Waals surface area contributed by atoms with Crippen LogP contribution in [0.25, 0.3) is 0 Å². The molecule has 2 aliphatic heterocycles. The number of hydrogen-bond donors (Lipinski definition) is 1. The molecule has 2 saturated heterocycles. The molecule has 0 spiro atoms. The third-order valence-corrected chi connectivity index (χ3v) is 4.09. The van der Waals surface area contributed by atoms with Crippen molar-refractivity contribution in [2.24, 2.45) is 0 Å². The molecule has 1 aromatic carbocycles. The van der Waals surface area contributed by atoms with Crippen LogP contribution in [0.5, 0.6) is 0 Å². The topological polar surface area (TPSA) is 44.8 Å². The lowest BCUT2D eigenvalue weighted by Gasteiger charge is -2.29. The highest BCUT2D eigenvalue weighted by Gasteiger charge is 2.31. The normalized spacial score (nSPS) is 23.4. The summed E-state index contributed by atoms with van der Waals surface area (Å²) in [5, 5.41) is 3.06. The summed E-state index contributed by atoms with van der Waals surface area (Å²) in [5.41, 5.74) is 2.19. The Morgan fingerprint density at radius 1 is 1.10 bits per heavy atom. The molecule has 1 aromatic rings. The van der Waals surface area contributed by atoms with Gasteiger partial charge in [-0.2, -0.15) is 0 Å². The fraction of sp³-hybridized carbons (Fsp3) is 0.533. The summed E-state index contributed by atoms with van der Waals surface area (Å²) in [6.07, 6.45) is 0.876. The van der Waals surface area contributed by atoms with Gasteiger partial charge in [0.2, 0.25) is 5.91 Å². The number of morpholine rings is 1. The van der Waals surface area contributed by atoms with E-state index < -0.39 is 0 Å². The lowest BCUT2D eigenvalue weighted by atomic mass is 10.2. The molecule has 2 fully saturated rings. The van der Waals surface area contributed by atoms with E-state index in [-0.39, 0.29) is 11.9 Å². The Bertz CT molecular complexity index is 469. The van der Waals surface area contributed by atoms with E-state index >= 15 is 0 Å². The van der Waals surface area contributed by atoms with Crippen molar-refractivity contribution in [1.82, 2.24) is 5.32 Å². The average Bonchev–Trinajstić information content (AvgIpc) is 2.89. The molecule has 1 atom stereocenters. The van der Waals surface area contributed by atoms with E-state index in [1.54, 1.807) is 0 Å². The molecule has 2 heterocycles. The first-order valence-electron chi connectivity index (χ1n) is 7.21. The zero-order valence-corrected chi connectivity index (χ0v) is 11.8. The predicted octanol–water partition coefficient (Wildman–Crippen LogP) is 0.848. The van der Waals surface area contributed by atoms with Crippen LogP contribution in [0.1, 0.15) is 6.42 Å². The minimum absolute atomic E-state index is 0.0334. The van der Waals surface area contributed by atoms with Crippen LogP contribution in [0.2, 0.25) is 0 Å². The summed E-state index contributed by atoms with van der Waals surface area (Å²) in [5.74, 6) is 0.173. The Balaban J connectivity index is 1.71. The molecule has 1 unspecified atom stereocenters. The van der Waals surface area contributed by atoms with E-state index in [9.17, 15) is 4.79 Å². The summed E-state index contributed by atoms with van der Waals surface area (Å²) in [4.78, 5) is 16.3. The molecule has 1 N–H and O–H groups in total. The number of carbonyl (C=O) groups excluding carboxylic acids is 1. The van der Waals surface area contributed by atoms with Gasteiger partial charge in [-0.1, -0.05) is 0 Å². The van der Waals surface area contributed by atoms with Gasteiger partial charge in [-0.15, -0.1) is 0 Å². The molecular formula is C15H21N3O2. The maximum atomic E-state index is 12.2. The number of likely N-dealkylation sites (N-methyl/N-ethyl adjacent to an activating group) is 1. The molecule has 2 aliphatic rings. The number of amides is 1. The molecule has 0 saturated carbocycles. The number of hydrogen-bond acceptors (Lipinski definition) is 4. The first-order valence-corrected chi connectivity index (χ1v) is 7.21. The SMILES string of the molecule is CNC1CCN(c2ccc(N3CCOCC3)cc2)C1=O. The van der Waals surface area contributed by atoms with Gasteiger partial charge in [-0.25, -0.2) is 0 Å². The molecule has 5 nitrogen and oxygen atoms in total. The molecule has 0 bridgehead atoms. The average molecular weight is 275 g/mol. The number of anilines is 2. The first kappa shape index (κ1) is 13.4. The second kappa shape index (κ2) is 5.81. The largest absolute Gasteiger partial charge is 0.378 e. The third kappa shape index (κ3) is 2.51. The van der Waals surface area contributed by atoms with Gasteiger partial charge in [0, 0.05) is 31.0 Å². The van der Waals surface area contributed by atoms with Crippen LogP contribution in [0.4, 0.5) is 11.4 Å². The van der Waals surface area contributed by atoms with E-state index in [0.29, 0.717) is 0 Å². The zero-order chi connectivity index (χ0) is 13.9. The molecule has 108 valence electrons. The lowest BCUT2D eigenvalue weighted by Crippen LogP contribution is -2.37. The molecule has 3 rings (SSSR count). The first-order chi connectivity index (χ1) is 9.79. The Hall–Kier alpha value is -1.59. The van der Waals surface area contributed by atoms with Crippen molar-refractivity contribution in [2.75, 3.05) is 49.7 Å². The quantitative estimate of drug-likeness (QED) is 0.888. The van der Waals surface area contributed by atoms with Gasteiger partial charge >= 0.3 is 0 Å². The van der Waals surface area contributed by atoms with Gasteiger partial charge in [0.25, 0.3) is 0 Å². The van der Waals surface area contributed by atoms with Crippen LogP contribution >= 0.6 is 0 Å². The predicted molar refractivity (Wildman–Crippen MR) is 79.3 cm³/mol. The van der Waals surface area contributed by atoms with Gasteiger partial charge in [-0.05, 0) is 37.7 Å². The van der Waals surface area contributed by atoms with Crippen LogP contribution in [0.15, 0.2) is 24.3 Å². The Labute approximate surface area is 119 Å². The van der Waals surface area contributed by atoms with Gasteiger partial charge in [0.05, 0.1) is 19.3 Å². The zero-order valence-electron chi connectivity index (χ0n) is 11.8. The summed E-state index contributed by atoms with van der Waals surface area (Å²) >= 11 is 0. The Kier molecular flexibility index (Phi) is 3.89. The number of rotatable bonds is 3. The van der Waals surface area contributed by atoms with Crippen molar-refractivity contribution in [3.63, 3.8) is 0 Å². The lowest BCUT2D eigenvalue weighted by molar-refractivity contribution is -0.118. The van der Waals surface area contributed by atoms with E-state index in [2.05, 4.69) is 22.3 Å². The maximum Gasteiger partial charge on any atom is 0.244 e. The highest BCUT2D eigenvalue weighted by molar-refractivity contribution is 5.99. The van der Waals surface area contributed by atoms with Gasteiger partial charge in [0.15, 0.2) is 0 Å². The van der Waals surface area contributed by atoms with Gasteiger partial charge in [-0.3, -0.25) is 4.79 Å². The van der Waals surface area contributed by atoms with E-state index in [4.69, 9.17) is 4.74 Å². The van der Waals surface area contributed by atoms with Gasteiger partial charge in [0.1, 0.15) is 0 Å². The molecule has 0 aliphatic carbocycles. The number of nitrogens with one attached hydrogen (secondary N) is 1. The van der Waals surface area contributed by atoms with Crippen molar-refractivity contribution in [3.05, 3.63) is 24.3 Å². The van der Waals surface area contributed by atoms with E-state index in [1.807, 2.05) is 24.1 Å². The molecule has 5 heteroatoms. The van der Waals surface area contributed by atoms with Crippen molar-refractivity contribution in [2.45, 2.75) is 12.5 Å². The molecule has 0 radical (unpaired) electrons. The highest BCUT2D eigenvalue weighted by atomic mass is 16.5. The van der Waals surface area contributed by atoms with E-state index in [0.717, 1.165) is 45.0 Å². The summed E-state index contributed by atoms with van der Waals surface area (Å²) < 4.78 is 5.36. The van der Waals surface area contributed by atoms with E-state index in [1.165, 1.54) is 5.69 Å². The second-order valence-electron chi connectivity index (χ2n) is 5.24. The smallest absolute Gasteiger partial charge is 0.244 e. The van der Waals surface area contributed by atoms with Gasteiger partial charge < -0.3 is 19.9 Å². The number of carbonyl (C=O) groups is 1. The van der Waals surface area contributed by atoms with Crippen molar-refractivity contribution >= 4 is 17.3 Å². The molecule has 20 heavy (non-hydrogen) atoms. The second-order valence-corrected chi connectivity index (χ2v) is 5.24. The molecule has 0 aromatic heterocycles. The van der Waals surface area contributed by atoms with Crippen LogP contribution in [0, 0.1) is 0 Å². The number of nitrogens with zero attached hydrogens (tertiary/aromatic N) is 2. The van der Waals surface area contributed by atoms with Crippen LogP contribution < -0.4 is 15.1 Å². The summed E-state index contributed by atoms with van der Waals surface area (Å²) in [6.45, 7) is 4.24. The summed E-state index contributed by atoms with van der Waals surface area (Å²) in [7, 11) is 1.84. The summed E-state index contributed by atoms with van der Waals surface area (Å²) in [6, 6.07) is 8.25. The molecular weight excluding hydrogens is 254 g/mol. The number of benzene rings is 1. The van der Waals surface area contributed by atoms with Crippen LogP contribution in [-0.2, 0) is 9.53 Å². The standard InChI is InChI=1S/C15H21N3O2/c1-16-14-6-7-18(15(14)19)13-4-2-12(3-5-13)17-8-10-20-11-9-17/h2-5,14,16H,6-11H2,1H3. The Morgan fingerprint density at radius 3 is 2.35 bits per heavy atom. The fourth-order valence-electron chi connectivity index (χ4n) is 2.87. The van der Waals surface area contributed by atoms with Crippen LogP contribution in [0.3, 0.4) is 0 Å². The maximum absolute atomic E-state index is 12.2. The van der Waals surface area contributed by atoms with Crippen LogP contribution in [-0.4, -0.2) is 51.8 Å². The monoisotopic (exact) mass is 275 g/mol. The fourth-order valence-corrected chi connectivity index (χ4v) is 2.87. The minimum Gasteiger partial charge on any atom is -0.378 e.